The molecule has 0 spiro atoms. The van der Waals surface area contributed by atoms with Gasteiger partial charge in [0.05, 0.1) is 11.9 Å². The number of hydrogen-bond donors (Lipinski definition) is 1. The molecule has 0 unspecified atom stereocenters. The summed E-state index contributed by atoms with van der Waals surface area (Å²) >= 11 is 3.37. The molecule has 1 aromatic carbocycles. The maximum atomic E-state index is 9.73. The first-order chi connectivity index (χ1) is 8.20. The molecule has 1 aromatic heterocycles. The molecule has 0 bridgehead atoms. The van der Waals surface area contributed by atoms with Gasteiger partial charge in [0.1, 0.15) is 11.8 Å². The second kappa shape index (κ2) is 5.25. The second-order valence-electron chi connectivity index (χ2n) is 3.60. The highest BCUT2D eigenvalue weighted by atomic mass is 79.9. The van der Waals surface area contributed by atoms with Crippen LogP contribution in [0.5, 0.6) is 0 Å². The van der Waals surface area contributed by atoms with E-state index in [9.17, 15) is 5.11 Å². The predicted molar refractivity (Wildman–Crippen MR) is 68.8 cm³/mol. The highest BCUT2D eigenvalue weighted by molar-refractivity contribution is 9.10. The van der Waals surface area contributed by atoms with Gasteiger partial charge in [0, 0.05) is 4.47 Å². The van der Waals surface area contributed by atoms with Crippen LogP contribution in [-0.4, -0.2) is 20.1 Å². The van der Waals surface area contributed by atoms with Crippen LogP contribution >= 0.6 is 15.9 Å². The highest BCUT2D eigenvalue weighted by Crippen LogP contribution is 2.17. The number of halogens is 1. The van der Waals surface area contributed by atoms with Crippen LogP contribution in [0.3, 0.4) is 0 Å². The van der Waals surface area contributed by atoms with Gasteiger partial charge in [0.2, 0.25) is 0 Å². The summed E-state index contributed by atoms with van der Waals surface area (Å²) in [6, 6.07) is 7.69. The Balaban J connectivity index is 2.23. The van der Waals surface area contributed by atoms with Crippen LogP contribution in [0.1, 0.15) is 18.2 Å². The Labute approximate surface area is 108 Å². The molecule has 0 aliphatic carbocycles. The zero-order valence-corrected chi connectivity index (χ0v) is 10.7. The monoisotopic (exact) mass is 293 g/mol. The summed E-state index contributed by atoms with van der Waals surface area (Å²) < 4.78 is 2.64. The Kier molecular flexibility index (Phi) is 3.71. The van der Waals surface area contributed by atoms with Crippen LogP contribution in [-0.2, 0) is 0 Å². The fourth-order valence-corrected chi connectivity index (χ4v) is 1.69. The maximum Gasteiger partial charge on any atom is 0.112 e. The van der Waals surface area contributed by atoms with E-state index in [0.29, 0.717) is 12.1 Å². The van der Waals surface area contributed by atoms with Gasteiger partial charge in [0.25, 0.3) is 0 Å². The molecule has 0 radical (unpaired) electrons. The molecule has 0 amide bonds. The Bertz CT molecular complexity index is 507. The van der Waals surface area contributed by atoms with Gasteiger partial charge >= 0.3 is 0 Å². The van der Waals surface area contributed by atoms with Gasteiger partial charge in [-0.25, -0.2) is 4.68 Å². The van der Waals surface area contributed by atoms with E-state index < -0.39 is 6.10 Å². The molecule has 4 nitrogen and oxygen atoms in total. The normalized spacial score (nSPS) is 12.4. The Morgan fingerprint density at radius 2 is 2.12 bits per heavy atom. The quantitative estimate of drug-likeness (QED) is 0.882. The third-order valence-corrected chi connectivity index (χ3v) is 2.86. The predicted octanol–water partition coefficient (Wildman–Crippen LogP) is 2.64. The van der Waals surface area contributed by atoms with E-state index in [1.807, 2.05) is 24.3 Å². The fourth-order valence-electron chi connectivity index (χ4n) is 1.43. The van der Waals surface area contributed by atoms with Crippen molar-refractivity contribution in [1.29, 1.82) is 0 Å². The second-order valence-corrected chi connectivity index (χ2v) is 4.52. The van der Waals surface area contributed by atoms with Gasteiger partial charge in [-0.2, -0.15) is 0 Å². The summed E-state index contributed by atoms with van der Waals surface area (Å²) in [6.07, 6.45) is 3.21. The Morgan fingerprint density at radius 3 is 2.76 bits per heavy atom. The van der Waals surface area contributed by atoms with Gasteiger partial charge < -0.3 is 5.11 Å². The highest BCUT2D eigenvalue weighted by Gasteiger charge is 2.10. The molecule has 0 saturated carbocycles. The number of benzene rings is 1. The number of nitrogens with zero attached hydrogens (tertiary/aromatic N) is 3. The summed E-state index contributed by atoms with van der Waals surface area (Å²) in [5.74, 6) is 0. The van der Waals surface area contributed by atoms with Crippen molar-refractivity contribution in [1.82, 2.24) is 15.0 Å². The van der Waals surface area contributed by atoms with Crippen LogP contribution in [0.4, 0.5) is 0 Å². The van der Waals surface area contributed by atoms with E-state index >= 15 is 0 Å². The van der Waals surface area contributed by atoms with Crippen molar-refractivity contribution < 1.29 is 5.11 Å². The lowest BCUT2D eigenvalue weighted by Gasteiger charge is -2.02. The Morgan fingerprint density at radius 1 is 1.41 bits per heavy atom. The van der Waals surface area contributed by atoms with Gasteiger partial charge in [-0.05, 0) is 30.7 Å². The summed E-state index contributed by atoms with van der Waals surface area (Å²) in [5.41, 5.74) is 1.45. The molecule has 2 rings (SSSR count). The van der Waals surface area contributed by atoms with Crippen LogP contribution in [0.2, 0.25) is 0 Å². The molecule has 5 heteroatoms. The minimum absolute atomic E-state index is 0.471. The minimum Gasteiger partial charge on any atom is -0.386 e. The topological polar surface area (TPSA) is 50.9 Å². The molecular weight excluding hydrogens is 282 g/mol. The van der Waals surface area contributed by atoms with E-state index in [-0.39, 0.29) is 0 Å². The lowest BCUT2D eigenvalue weighted by Crippen LogP contribution is -1.95. The molecule has 1 heterocycles. The lowest BCUT2D eigenvalue weighted by molar-refractivity contribution is 0.176. The first-order valence-electron chi connectivity index (χ1n) is 5.18. The average Bonchev–Trinajstić information content (AvgIpc) is 2.80. The first-order valence-corrected chi connectivity index (χ1v) is 5.97. The van der Waals surface area contributed by atoms with Crippen LogP contribution < -0.4 is 0 Å². The molecule has 1 atom stereocenters. The molecule has 88 valence electrons. The van der Waals surface area contributed by atoms with Crippen molar-refractivity contribution in [3.8, 4) is 5.69 Å². The maximum absolute atomic E-state index is 9.73. The number of aliphatic hydroxyl groups is 1. The van der Waals surface area contributed by atoms with Gasteiger partial charge in [-0.1, -0.05) is 27.2 Å². The molecule has 0 saturated heterocycles. The van der Waals surface area contributed by atoms with Crippen molar-refractivity contribution in [3.63, 3.8) is 0 Å². The lowest BCUT2D eigenvalue weighted by atomic mass is 10.2. The minimum atomic E-state index is -0.642. The molecule has 0 aliphatic heterocycles. The van der Waals surface area contributed by atoms with Crippen molar-refractivity contribution in [3.05, 3.63) is 53.3 Å². The number of rotatable bonds is 4. The molecular formula is C12H12BrN3O. The fraction of sp³-hybridized carbons (Fsp3) is 0.167. The van der Waals surface area contributed by atoms with Gasteiger partial charge in [-0.3, -0.25) is 0 Å². The van der Waals surface area contributed by atoms with E-state index in [1.165, 1.54) is 0 Å². The van der Waals surface area contributed by atoms with Crippen molar-refractivity contribution >= 4 is 15.9 Å². The SMILES string of the molecule is C=CC[C@@H](O)c1cn(-c2ccc(Br)cc2)nn1. The zero-order chi connectivity index (χ0) is 12.3. The van der Waals surface area contributed by atoms with E-state index in [0.717, 1.165) is 10.2 Å². The van der Waals surface area contributed by atoms with Gasteiger partial charge in [-0.15, -0.1) is 11.7 Å². The summed E-state index contributed by atoms with van der Waals surface area (Å²) in [7, 11) is 0. The zero-order valence-electron chi connectivity index (χ0n) is 9.12. The van der Waals surface area contributed by atoms with E-state index in [1.54, 1.807) is 17.0 Å². The average molecular weight is 294 g/mol. The molecule has 2 aromatic rings. The molecule has 0 fully saturated rings. The summed E-state index contributed by atoms with van der Waals surface area (Å²) in [4.78, 5) is 0. The summed E-state index contributed by atoms with van der Waals surface area (Å²) in [6.45, 7) is 3.58. The van der Waals surface area contributed by atoms with Crippen LogP contribution in [0.15, 0.2) is 47.6 Å². The third-order valence-electron chi connectivity index (χ3n) is 2.33. The molecule has 1 N–H and O–H groups in total. The van der Waals surface area contributed by atoms with E-state index in [2.05, 4.69) is 32.8 Å². The smallest absolute Gasteiger partial charge is 0.112 e. The van der Waals surface area contributed by atoms with Crippen molar-refractivity contribution in [2.45, 2.75) is 12.5 Å². The number of aromatic nitrogens is 3. The van der Waals surface area contributed by atoms with Crippen molar-refractivity contribution in [2.75, 3.05) is 0 Å². The standard InChI is InChI=1S/C12H12BrN3O/c1-2-3-12(17)11-8-16(15-14-11)10-6-4-9(13)5-7-10/h2,4-8,12,17H,1,3H2/t12-/m1/s1. The summed E-state index contributed by atoms with van der Waals surface area (Å²) in [5, 5.41) is 17.6. The van der Waals surface area contributed by atoms with E-state index in [4.69, 9.17) is 0 Å². The van der Waals surface area contributed by atoms with Crippen LogP contribution in [0.25, 0.3) is 5.69 Å². The largest absolute Gasteiger partial charge is 0.386 e. The molecule has 0 aliphatic rings. The third kappa shape index (κ3) is 2.81. The van der Waals surface area contributed by atoms with Crippen molar-refractivity contribution in [2.24, 2.45) is 0 Å². The molecule has 17 heavy (non-hydrogen) atoms. The first kappa shape index (κ1) is 12.0. The number of aliphatic hydroxyl groups excluding tert-OH is 1. The van der Waals surface area contributed by atoms with Gasteiger partial charge in [0.15, 0.2) is 0 Å². The Hall–Kier alpha value is -1.46. The number of hydrogen-bond acceptors (Lipinski definition) is 3. The van der Waals surface area contributed by atoms with Crippen LogP contribution in [0, 0.1) is 0 Å².